The van der Waals surface area contributed by atoms with Crippen LogP contribution in [-0.2, 0) is 11.3 Å². The van der Waals surface area contributed by atoms with Crippen molar-refractivity contribution in [2.45, 2.75) is 13.5 Å². The Kier molecular flexibility index (Phi) is 4.79. The van der Waals surface area contributed by atoms with Gasteiger partial charge >= 0.3 is 0 Å². The Labute approximate surface area is 85.6 Å². The quantitative estimate of drug-likeness (QED) is 0.697. The van der Waals surface area contributed by atoms with Crippen molar-refractivity contribution in [2.24, 2.45) is 0 Å². The number of nitrogens with one attached hydrogen (secondary N) is 1. The van der Waals surface area contributed by atoms with Gasteiger partial charge in [0.15, 0.2) is 0 Å². The summed E-state index contributed by atoms with van der Waals surface area (Å²) in [5.41, 5.74) is 1.27. The summed E-state index contributed by atoms with van der Waals surface area (Å²) >= 11 is 0. The Hall–Kier alpha value is -1.28. The first-order valence-corrected chi connectivity index (χ1v) is 4.88. The number of benzene rings is 1. The van der Waals surface area contributed by atoms with E-state index in [2.05, 4.69) is 24.0 Å². The van der Waals surface area contributed by atoms with E-state index in [0.717, 1.165) is 12.3 Å². The van der Waals surface area contributed by atoms with Crippen molar-refractivity contribution in [3.63, 3.8) is 0 Å². The minimum absolute atomic E-state index is 0.686. The molecule has 0 saturated carbocycles. The molecule has 0 unspecified atom stereocenters. The molecule has 0 atom stereocenters. The summed E-state index contributed by atoms with van der Waals surface area (Å²) in [7, 11) is 0. The third kappa shape index (κ3) is 4.10. The molecule has 76 valence electrons. The number of rotatable bonds is 6. The first-order chi connectivity index (χ1) is 6.83. The molecule has 0 aliphatic carbocycles. The van der Waals surface area contributed by atoms with Gasteiger partial charge in [-0.1, -0.05) is 36.9 Å². The topological polar surface area (TPSA) is 21.3 Å². The fourth-order valence-electron chi connectivity index (χ4n) is 1.20. The van der Waals surface area contributed by atoms with Crippen molar-refractivity contribution in [2.75, 3.05) is 13.2 Å². The van der Waals surface area contributed by atoms with Crippen LogP contribution in [0.2, 0.25) is 0 Å². The van der Waals surface area contributed by atoms with Crippen molar-refractivity contribution in [3.05, 3.63) is 48.2 Å². The van der Waals surface area contributed by atoms with Crippen LogP contribution in [0.4, 0.5) is 0 Å². The molecular weight excluding hydrogens is 174 g/mol. The lowest BCUT2D eigenvalue weighted by atomic mass is 10.2. The molecule has 1 aromatic rings. The summed E-state index contributed by atoms with van der Waals surface area (Å²) in [4.78, 5) is 0. The van der Waals surface area contributed by atoms with E-state index in [-0.39, 0.29) is 0 Å². The Balaban J connectivity index is 2.19. The molecule has 0 aliphatic rings. The number of hydrogen-bond acceptors (Lipinski definition) is 2. The average molecular weight is 191 g/mol. The maximum atomic E-state index is 5.22. The molecule has 0 amide bonds. The lowest BCUT2D eigenvalue weighted by Gasteiger charge is -2.08. The fraction of sp³-hybridized carbons (Fsp3) is 0.333. The van der Waals surface area contributed by atoms with Gasteiger partial charge in [0.05, 0.1) is 13.2 Å². The zero-order chi connectivity index (χ0) is 10.2. The largest absolute Gasteiger partial charge is 0.497 e. The minimum atomic E-state index is 0.686. The highest BCUT2D eigenvalue weighted by molar-refractivity contribution is 5.14. The Morgan fingerprint density at radius 2 is 2.07 bits per heavy atom. The maximum Gasteiger partial charge on any atom is 0.103 e. The number of hydrogen-bond donors (Lipinski definition) is 1. The van der Waals surface area contributed by atoms with E-state index in [4.69, 9.17) is 4.74 Å². The monoisotopic (exact) mass is 191 g/mol. The zero-order valence-electron chi connectivity index (χ0n) is 8.62. The summed E-state index contributed by atoms with van der Waals surface area (Å²) in [5, 5.41) is 3.26. The van der Waals surface area contributed by atoms with Crippen molar-refractivity contribution >= 4 is 0 Å². The van der Waals surface area contributed by atoms with Gasteiger partial charge in [0.1, 0.15) is 5.76 Å². The second-order valence-corrected chi connectivity index (χ2v) is 3.06. The van der Waals surface area contributed by atoms with Crippen LogP contribution in [0.3, 0.4) is 0 Å². The smallest absolute Gasteiger partial charge is 0.103 e. The highest BCUT2D eigenvalue weighted by Crippen LogP contribution is 1.98. The van der Waals surface area contributed by atoms with Gasteiger partial charge in [-0.3, -0.25) is 0 Å². The van der Waals surface area contributed by atoms with Crippen molar-refractivity contribution in [3.8, 4) is 0 Å². The van der Waals surface area contributed by atoms with Crippen LogP contribution in [0.25, 0.3) is 0 Å². The lowest BCUT2D eigenvalue weighted by molar-refractivity contribution is 0.222. The predicted molar refractivity (Wildman–Crippen MR) is 58.9 cm³/mol. The van der Waals surface area contributed by atoms with Crippen molar-refractivity contribution in [1.82, 2.24) is 5.32 Å². The van der Waals surface area contributed by atoms with E-state index in [1.54, 1.807) is 0 Å². The SMILES string of the molecule is C=C(CNCc1ccccc1)OCC. The molecule has 0 bridgehead atoms. The molecule has 2 nitrogen and oxygen atoms in total. The average Bonchev–Trinajstić information content (AvgIpc) is 2.20. The van der Waals surface area contributed by atoms with Crippen LogP contribution >= 0.6 is 0 Å². The van der Waals surface area contributed by atoms with Gasteiger partial charge in [-0.15, -0.1) is 0 Å². The standard InChI is InChI=1S/C12H17NO/c1-3-14-11(2)9-13-10-12-7-5-4-6-8-12/h4-8,13H,2-3,9-10H2,1H3. The summed E-state index contributed by atoms with van der Waals surface area (Å²) in [6.07, 6.45) is 0. The molecule has 0 fully saturated rings. The van der Waals surface area contributed by atoms with E-state index < -0.39 is 0 Å². The highest BCUT2D eigenvalue weighted by Gasteiger charge is 1.93. The lowest BCUT2D eigenvalue weighted by Crippen LogP contribution is -2.17. The summed E-state index contributed by atoms with van der Waals surface area (Å²) in [6, 6.07) is 10.3. The van der Waals surface area contributed by atoms with Crippen LogP contribution in [0, 0.1) is 0 Å². The minimum Gasteiger partial charge on any atom is -0.497 e. The van der Waals surface area contributed by atoms with Crippen LogP contribution in [-0.4, -0.2) is 13.2 Å². The van der Waals surface area contributed by atoms with Crippen LogP contribution in [0.1, 0.15) is 12.5 Å². The zero-order valence-corrected chi connectivity index (χ0v) is 8.62. The molecule has 0 radical (unpaired) electrons. The molecule has 0 saturated heterocycles. The molecule has 0 heterocycles. The van der Waals surface area contributed by atoms with Crippen LogP contribution in [0.5, 0.6) is 0 Å². The normalized spacial score (nSPS) is 9.79. The van der Waals surface area contributed by atoms with Gasteiger partial charge in [-0.25, -0.2) is 0 Å². The molecule has 0 aliphatic heterocycles. The Bertz CT molecular complexity index is 269. The third-order valence-electron chi connectivity index (χ3n) is 1.84. The predicted octanol–water partition coefficient (Wildman–Crippen LogP) is 2.33. The molecule has 0 aromatic heterocycles. The summed E-state index contributed by atoms with van der Waals surface area (Å²) in [6.45, 7) is 8.00. The van der Waals surface area contributed by atoms with Gasteiger partial charge in [0, 0.05) is 6.54 Å². The van der Waals surface area contributed by atoms with Crippen molar-refractivity contribution in [1.29, 1.82) is 0 Å². The van der Waals surface area contributed by atoms with E-state index in [1.807, 2.05) is 25.1 Å². The van der Waals surface area contributed by atoms with Crippen LogP contribution < -0.4 is 5.32 Å². The highest BCUT2D eigenvalue weighted by atomic mass is 16.5. The van der Waals surface area contributed by atoms with Gasteiger partial charge in [0.25, 0.3) is 0 Å². The Morgan fingerprint density at radius 3 is 2.71 bits per heavy atom. The molecule has 14 heavy (non-hydrogen) atoms. The summed E-state index contributed by atoms with van der Waals surface area (Å²) < 4.78 is 5.22. The second-order valence-electron chi connectivity index (χ2n) is 3.06. The molecular formula is C12H17NO. The van der Waals surface area contributed by atoms with E-state index in [9.17, 15) is 0 Å². The van der Waals surface area contributed by atoms with Gasteiger partial charge < -0.3 is 10.1 Å². The van der Waals surface area contributed by atoms with E-state index in [1.165, 1.54) is 5.56 Å². The molecule has 0 spiro atoms. The van der Waals surface area contributed by atoms with E-state index >= 15 is 0 Å². The van der Waals surface area contributed by atoms with Gasteiger partial charge in [-0.05, 0) is 12.5 Å². The third-order valence-corrected chi connectivity index (χ3v) is 1.84. The first kappa shape index (κ1) is 10.8. The van der Waals surface area contributed by atoms with Gasteiger partial charge in [-0.2, -0.15) is 0 Å². The molecule has 2 heteroatoms. The molecule has 1 aromatic carbocycles. The maximum absolute atomic E-state index is 5.22. The second kappa shape index (κ2) is 6.22. The van der Waals surface area contributed by atoms with E-state index in [0.29, 0.717) is 13.2 Å². The number of ether oxygens (including phenoxy) is 1. The molecule has 1 rings (SSSR count). The van der Waals surface area contributed by atoms with Gasteiger partial charge in [0.2, 0.25) is 0 Å². The summed E-state index contributed by atoms with van der Waals surface area (Å²) in [5.74, 6) is 0.795. The first-order valence-electron chi connectivity index (χ1n) is 4.88. The Morgan fingerprint density at radius 1 is 1.36 bits per heavy atom. The van der Waals surface area contributed by atoms with Crippen LogP contribution in [0.15, 0.2) is 42.7 Å². The van der Waals surface area contributed by atoms with Crippen molar-refractivity contribution < 1.29 is 4.74 Å². The fourth-order valence-corrected chi connectivity index (χ4v) is 1.20. The molecule has 1 N–H and O–H groups in total.